The van der Waals surface area contributed by atoms with E-state index in [1.54, 1.807) is 12.2 Å². The number of ether oxygens (including phenoxy) is 1. The Balaban J connectivity index is 1.53. The molecule has 0 N–H and O–H groups in total. The van der Waals surface area contributed by atoms with Gasteiger partial charge in [-0.05, 0) is 24.5 Å². The topological polar surface area (TPSA) is 40.5 Å². The Hall–Kier alpha value is -2.57. The monoisotopic (exact) mass is 352 g/mol. The van der Waals surface area contributed by atoms with Crippen LogP contribution in [-0.4, -0.2) is 54.6 Å². The van der Waals surface area contributed by atoms with Crippen molar-refractivity contribution >= 4 is 6.21 Å². The molecular weight excluding hydrogens is 328 g/mol. The molecule has 0 saturated heterocycles. The Kier molecular flexibility index (Phi) is 4.53. The van der Waals surface area contributed by atoms with Crippen LogP contribution in [-0.2, 0) is 16.0 Å². The lowest BCUT2D eigenvalue weighted by atomic mass is 10.0. The second kappa shape index (κ2) is 6.97. The molecule has 4 rings (SSSR count). The van der Waals surface area contributed by atoms with Gasteiger partial charge in [0.1, 0.15) is 24.3 Å². The molecular formula is C20H24N4O2. The van der Waals surface area contributed by atoms with Gasteiger partial charge in [0.2, 0.25) is 0 Å². The molecule has 0 saturated carbocycles. The molecule has 0 amide bonds. The molecule has 1 aromatic rings. The van der Waals surface area contributed by atoms with Gasteiger partial charge >= 0.3 is 0 Å². The fourth-order valence-electron chi connectivity index (χ4n) is 3.57. The van der Waals surface area contributed by atoms with Crippen LogP contribution in [0.1, 0.15) is 12.5 Å². The maximum absolute atomic E-state index is 6.26. The number of rotatable bonds is 5. The summed E-state index contributed by atoms with van der Waals surface area (Å²) in [5, 5.41) is 1.79. The third-order valence-electron chi connectivity index (χ3n) is 4.84. The molecule has 1 unspecified atom stereocenters. The first-order valence-corrected chi connectivity index (χ1v) is 8.82. The van der Waals surface area contributed by atoms with Gasteiger partial charge in [-0.15, -0.1) is 0 Å². The van der Waals surface area contributed by atoms with E-state index in [2.05, 4.69) is 47.2 Å². The maximum atomic E-state index is 6.26. The van der Waals surface area contributed by atoms with E-state index in [0.717, 1.165) is 29.2 Å². The van der Waals surface area contributed by atoms with Crippen LogP contribution in [0.25, 0.3) is 0 Å². The van der Waals surface area contributed by atoms with Crippen LogP contribution < -0.4 is 0 Å². The van der Waals surface area contributed by atoms with E-state index in [1.807, 2.05) is 25.5 Å². The van der Waals surface area contributed by atoms with Gasteiger partial charge in [-0.2, -0.15) is 0 Å². The fraction of sp³-hybridized carbons (Fsp3) is 0.350. The number of allylic oxidation sites excluding steroid dienone is 1. The van der Waals surface area contributed by atoms with Crippen molar-refractivity contribution in [3.63, 3.8) is 0 Å². The van der Waals surface area contributed by atoms with Gasteiger partial charge in [0.25, 0.3) is 0 Å². The normalized spacial score (nSPS) is 21.7. The zero-order chi connectivity index (χ0) is 18.1. The van der Waals surface area contributed by atoms with Crippen molar-refractivity contribution in [2.45, 2.75) is 19.4 Å². The van der Waals surface area contributed by atoms with Gasteiger partial charge in [-0.1, -0.05) is 30.3 Å². The molecule has 0 aromatic heterocycles. The molecule has 1 atom stereocenters. The molecule has 3 aliphatic rings. The van der Waals surface area contributed by atoms with Crippen LogP contribution in [0.15, 0.2) is 70.5 Å². The van der Waals surface area contributed by atoms with E-state index in [-0.39, 0.29) is 6.10 Å². The van der Waals surface area contributed by atoms with Crippen LogP contribution in [0.5, 0.6) is 0 Å². The minimum Gasteiger partial charge on any atom is -0.367 e. The van der Waals surface area contributed by atoms with Crippen molar-refractivity contribution in [2.24, 2.45) is 4.99 Å². The first-order valence-electron chi connectivity index (χ1n) is 8.82. The average Bonchev–Trinajstić information content (AvgIpc) is 3.08. The van der Waals surface area contributed by atoms with E-state index in [1.165, 1.54) is 5.56 Å². The highest BCUT2D eigenvalue weighted by atomic mass is 16.7. The smallest absolute Gasteiger partial charge is 0.139 e. The van der Waals surface area contributed by atoms with Crippen molar-refractivity contribution in [3.05, 3.63) is 71.1 Å². The summed E-state index contributed by atoms with van der Waals surface area (Å²) in [6.07, 6.45) is 6.73. The Morgan fingerprint density at radius 3 is 2.77 bits per heavy atom. The highest BCUT2D eigenvalue weighted by molar-refractivity contribution is 5.81. The quantitative estimate of drug-likeness (QED) is 0.815. The summed E-state index contributed by atoms with van der Waals surface area (Å²) >= 11 is 0. The highest BCUT2D eigenvalue weighted by Gasteiger charge is 2.36. The summed E-state index contributed by atoms with van der Waals surface area (Å²) in [6, 6.07) is 10.4. The second-order valence-electron chi connectivity index (χ2n) is 6.66. The van der Waals surface area contributed by atoms with Crippen LogP contribution >= 0.6 is 0 Å². The molecule has 0 spiro atoms. The van der Waals surface area contributed by atoms with Crippen molar-refractivity contribution in [3.8, 4) is 0 Å². The third-order valence-corrected chi connectivity index (χ3v) is 4.84. The van der Waals surface area contributed by atoms with Gasteiger partial charge in [0.15, 0.2) is 0 Å². The fourth-order valence-corrected chi connectivity index (χ4v) is 3.57. The van der Waals surface area contributed by atoms with E-state index in [0.29, 0.717) is 13.3 Å². The van der Waals surface area contributed by atoms with E-state index in [9.17, 15) is 0 Å². The number of benzene rings is 1. The zero-order valence-electron chi connectivity index (χ0n) is 15.4. The number of hydroxylamine groups is 2. The molecule has 0 radical (unpaired) electrons. The predicted octanol–water partition coefficient (Wildman–Crippen LogP) is 2.69. The molecule has 136 valence electrons. The van der Waals surface area contributed by atoms with Crippen molar-refractivity contribution in [1.82, 2.24) is 14.9 Å². The molecule has 0 aliphatic carbocycles. The number of nitrogens with zero attached hydrogens (tertiary/aromatic N) is 4. The van der Waals surface area contributed by atoms with Crippen LogP contribution in [0.2, 0.25) is 0 Å². The highest BCUT2D eigenvalue weighted by Crippen LogP contribution is 2.36. The largest absolute Gasteiger partial charge is 0.367 e. The number of fused-ring (bicyclic) bond motifs is 2. The molecule has 3 aliphatic heterocycles. The molecule has 1 aromatic carbocycles. The van der Waals surface area contributed by atoms with Gasteiger partial charge in [0, 0.05) is 13.2 Å². The van der Waals surface area contributed by atoms with Gasteiger partial charge in [-0.25, -0.2) is 5.06 Å². The SMILES string of the molecule is CON1C=C2C=NC3=C(N(C)C=C(C)C3OCCc3ccccc3)N2C1. The lowest BCUT2D eigenvalue weighted by Gasteiger charge is -2.38. The van der Waals surface area contributed by atoms with Crippen molar-refractivity contribution < 1.29 is 9.57 Å². The average molecular weight is 352 g/mol. The summed E-state index contributed by atoms with van der Waals surface area (Å²) in [6.45, 7) is 3.40. The van der Waals surface area contributed by atoms with E-state index >= 15 is 0 Å². The summed E-state index contributed by atoms with van der Waals surface area (Å²) in [5.74, 6) is 1.05. The Morgan fingerprint density at radius 2 is 2.00 bits per heavy atom. The summed E-state index contributed by atoms with van der Waals surface area (Å²) in [4.78, 5) is 14.4. The molecule has 6 heteroatoms. The van der Waals surface area contributed by atoms with Crippen LogP contribution in [0, 0.1) is 0 Å². The molecule has 6 nitrogen and oxygen atoms in total. The standard InChI is InChI=1S/C20H24N4O2/c1-15-12-22(2)20-18(21-11-17-13-23(25-3)14-24(17)20)19(15)26-10-9-16-7-5-4-6-8-16/h4-8,11-13,19H,9-10,14H2,1-3H3. The zero-order valence-corrected chi connectivity index (χ0v) is 15.4. The molecule has 26 heavy (non-hydrogen) atoms. The van der Waals surface area contributed by atoms with Crippen LogP contribution in [0.4, 0.5) is 0 Å². The van der Waals surface area contributed by atoms with Crippen molar-refractivity contribution in [1.29, 1.82) is 0 Å². The van der Waals surface area contributed by atoms with Gasteiger partial charge in [-0.3, -0.25) is 9.83 Å². The Morgan fingerprint density at radius 1 is 1.19 bits per heavy atom. The minimum atomic E-state index is -0.126. The van der Waals surface area contributed by atoms with Crippen molar-refractivity contribution in [2.75, 3.05) is 27.4 Å². The Labute approximate surface area is 154 Å². The lowest BCUT2D eigenvalue weighted by molar-refractivity contribution is -0.0968. The Bertz CT molecular complexity index is 797. The summed E-state index contributed by atoms with van der Waals surface area (Å²) < 4.78 is 6.26. The minimum absolute atomic E-state index is 0.126. The lowest BCUT2D eigenvalue weighted by Crippen LogP contribution is -2.40. The second-order valence-corrected chi connectivity index (χ2v) is 6.66. The molecule has 0 bridgehead atoms. The summed E-state index contributed by atoms with van der Waals surface area (Å²) in [7, 11) is 3.72. The summed E-state index contributed by atoms with van der Waals surface area (Å²) in [5.41, 5.74) is 4.42. The number of hydrogen-bond donors (Lipinski definition) is 0. The third kappa shape index (κ3) is 3.02. The van der Waals surface area contributed by atoms with Gasteiger partial charge < -0.3 is 14.5 Å². The maximum Gasteiger partial charge on any atom is 0.139 e. The predicted molar refractivity (Wildman–Crippen MR) is 101 cm³/mol. The molecule has 0 fully saturated rings. The van der Waals surface area contributed by atoms with Crippen LogP contribution in [0.3, 0.4) is 0 Å². The number of aliphatic imine (C=N–C) groups is 1. The van der Waals surface area contributed by atoms with Gasteiger partial charge in [0.05, 0.1) is 31.8 Å². The van der Waals surface area contributed by atoms with E-state index in [4.69, 9.17) is 14.6 Å². The number of hydrogen-bond acceptors (Lipinski definition) is 6. The molecule has 3 heterocycles. The first-order chi connectivity index (χ1) is 12.7. The first kappa shape index (κ1) is 16.9. The van der Waals surface area contributed by atoms with E-state index < -0.39 is 0 Å².